The average Bonchev–Trinajstić information content (AvgIpc) is 2.84. The Hall–Kier alpha value is -0.820. The van der Waals surface area contributed by atoms with Crippen LogP contribution in [-0.4, -0.2) is 13.1 Å². The second kappa shape index (κ2) is 5.88. The largest absolute Gasteiger partial charge is 0.316 e. The van der Waals surface area contributed by atoms with Crippen molar-refractivity contribution in [2.45, 2.75) is 58.4 Å². The molecule has 0 heterocycles. The molecule has 0 aromatic heterocycles. The van der Waals surface area contributed by atoms with Crippen molar-refractivity contribution in [3.05, 3.63) is 35.4 Å². The summed E-state index contributed by atoms with van der Waals surface area (Å²) in [6.07, 6.45) is 7.87. The minimum Gasteiger partial charge on any atom is -0.316 e. The van der Waals surface area contributed by atoms with E-state index in [0.717, 1.165) is 12.8 Å². The maximum Gasteiger partial charge on any atom is 0.0158 e. The zero-order valence-corrected chi connectivity index (χ0v) is 12.1. The molecule has 1 fully saturated rings. The first kappa shape index (κ1) is 13.6. The number of aryl methyl sites for hydroxylation is 1. The molecule has 1 unspecified atom stereocenters. The Morgan fingerprint density at radius 3 is 2.17 bits per heavy atom. The molecule has 2 rings (SSSR count). The summed E-state index contributed by atoms with van der Waals surface area (Å²) in [7, 11) is 2.12. The minimum atomic E-state index is 0.498. The molecular formula is C17H27N. The number of rotatable bonds is 5. The van der Waals surface area contributed by atoms with E-state index in [1.54, 1.807) is 0 Å². The molecule has 1 atom stereocenters. The maximum atomic E-state index is 3.56. The predicted octanol–water partition coefficient (Wildman–Crippen LogP) is 3.96. The number of benzene rings is 1. The highest BCUT2D eigenvalue weighted by molar-refractivity contribution is 5.23. The van der Waals surface area contributed by atoms with Crippen molar-refractivity contribution in [3.63, 3.8) is 0 Å². The Bertz CT molecular complexity index is 360. The summed E-state index contributed by atoms with van der Waals surface area (Å²) >= 11 is 0. The Kier molecular flexibility index (Phi) is 4.45. The van der Waals surface area contributed by atoms with Crippen molar-refractivity contribution in [1.29, 1.82) is 0 Å². The van der Waals surface area contributed by atoms with Gasteiger partial charge in [-0.3, -0.25) is 0 Å². The fourth-order valence-corrected chi connectivity index (χ4v) is 3.37. The maximum absolute atomic E-state index is 3.56. The molecule has 1 aliphatic rings. The van der Waals surface area contributed by atoms with Gasteiger partial charge in [-0.15, -0.1) is 0 Å². The Morgan fingerprint density at radius 2 is 1.67 bits per heavy atom. The first-order valence-electron chi connectivity index (χ1n) is 7.43. The summed E-state index contributed by atoms with van der Waals surface area (Å²) in [6.45, 7) is 4.67. The highest BCUT2D eigenvalue weighted by atomic mass is 14.9. The molecule has 100 valence electrons. The smallest absolute Gasteiger partial charge is 0.0158 e. The molecule has 18 heavy (non-hydrogen) atoms. The molecule has 1 N–H and O–H groups in total. The molecule has 1 heteroatoms. The molecule has 0 saturated heterocycles. The quantitative estimate of drug-likeness (QED) is 0.828. The molecule has 1 aliphatic carbocycles. The van der Waals surface area contributed by atoms with Crippen LogP contribution in [0, 0.1) is 5.41 Å². The van der Waals surface area contributed by atoms with Crippen LogP contribution < -0.4 is 5.32 Å². The molecule has 1 aromatic rings. The third kappa shape index (κ3) is 2.95. The Balaban J connectivity index is 2.05. The molecule has 1 aromatic carbocycles. The van der Waals surface area contributed by atoms with E-state index in [9.17, 15) is 0 Å². The van der Waals surface area contributed by atoms with E-state index in [-0.39, 0.29) is 0 Å². The lowest BCUT2D eigenvalue weighted by Crippen LogP contribution is -2.41. The third-order valence-corrected chi connectivity index (χ3v) is 4.81. The van der Waals surface area contributed by atoms with Gasteiger partial charge in [0.2, 0.25) is 0 Å². The third-order valence-electron chi connectivity index (χ3n) is 4.81. The van der Waals surface area contributed by atoms with Crippen molar-refractivity contribution >= 4 is 0 Å². The van der Waals surface area contributed by atoms with Gasteiger partial charge in [0, 0.05) is 6.04 Å². The van der Waals surface area contributed by atoms with E-state index < -0.39 is 0 Å². The summed E-state index contributed by atoms with van der Waals surface area (Å²) in [6, 6.07) is 9.79. The topological polar surface area (TPSA) is 12.0 Å². The van der Waals surface area contributed by atoms with Crippen LogP contribution in [0.1, 0.15) is 50.7 Å². The van der Waals surface area contributed by atoms with Crippen LogP contribution >= 0.6 is 0 Å². The second-order valence-electron chi connectivity index (χ2n) is 6.08. The Labute approximate surface area is 112 Å². The van der Waals surface area contributed by atoms with Crippen LogP contribution in [0.3, 0.4) is 0 Å². The first-order chi connectivity index (χ1) is 8.68. The molecule has 0 spiro atoms. The molecule has 0 aliphatic heterocycles. The van der Waals surface area contributed by atoms with Gasteiger partial charge in [0.15, 0.2) is 0 Å². The van der Waals surface area contributed by atoms with Gasteiger partial charge in [-0.05, 0) is 49.3 Å². The molecule has 1 saturated carbocycles. The standard InChI is InChI=1S/C17H27N/c1-4-14-7-9-15(10-8-14)13-16(18-3)17(2)11-5-6-12-17/h7-10,16,18H,4-6,11-13H2,1-3H3. The van der Waals surface area contributed by atoms with Gasteiger partial charge in [-0.2, -0.15) is 0 Å². The second-order valence-corrected chi connectivity index (χ2v) is 6.08. The lowest BCUT2D eigenvalue weighted by molar-refractivity contribution is 0.229. The monoisotopic (exact) mass is 245 g/mol. The van der Waals surface area contributed by atoms with E-state index >= 15 is 0 Å². The first-order valence-corrected chi connectivity index (χ1v) is 7.43. The highest BCUT2D eigenvalue weighted by Gasteiger charge is 2.35. The normalized spacial score (nSPS) is 19.9. The summed E-state index contributed by atoms with van der Waals surface area (Å²) in [4.78, 5) is 0. The molecule has 1 nitrogen and oxygen atoms in total. The zero-order valence-electron chi connectivity index (χ0n) is 12.1. The van der Waals surface area contributed by atoms with E-state index in [2.05, 4.69) is 50.5 Å². The van der Waals surface area contributed by atoms with Gasteiger partial charge >= 0.3 is 0 Å². The van der Waals surface area contributed by atoms with Crippen molar-refractivity contribution < 1.29 is 0 Å². The predicted molar refractivity (Wildman–Crippen MR) is 78.9 cm³/mol. The number of nitrogens with one attached hydrogen (secondary N) is 1. The van der Waals surface area contributed by atoms with Gasteiger partial charge in [-0.1, -0.05) is 51.0 Å². The molecule has 0 radical (unpaired) electrons. The molecular weight excluding hydrogens is 218 g/mol. The molecule has 0 amide bonds. The van der Waals surface area contributed by atoms with Crippen LogP contribution in [0.4, 0.5) is 0 Å². The van der Waals surface area contributed by atoms with Gasteiger partial charge in [-0.25, -0.2) is 0 Å². The van der Waals surface area contributed by atoms with Crippen molar-refractivity contribution in [1.82, 2.24) is 5.32 Å². The minimum absolute atomic E-state index is 0.498. The SMILES string of the molecule is CCc1ccc(CC(NC)C2(C)CCCC2)cc1. The molecule has 0 bridgehead atoms. The summed E-state index contributed by atoms with van der Waals surface area (Å²) in [5.41, 5.74) is 3.41. The highest BCUT2D eigenvalue weighted by Crippen LogP contribution is 2.41. The summed E-state index contributed by atoms with van der Waals surface area (Å²) < 4.78 is 0. The van der Waals surface area contributed by atoms with Gasteiger partial charge in [0.1, 0.15) is 0 Å². The van der Waals surface area contributed by atoms with E-state index in [4.69, 9.17) is 0 Å². The van der Waals surface area contributed by atoms with Crippen molar-refractivity contribution in [3.8, 4) is 0 Å². The summed E-state index contributed by atoms with van der Waals surface area (Å²) in [5, 5.41) is 3.56. The van der Waals surface area contributed by atoms with Crippen LogP contribution in [-0.2, 0) is 12.8 Å². The van der Waals surface area contributed by atoms with Gasteiger partial charge in [0.25, 0.3) is 0 Å². The van der Waals surface area contributed by atoms with E-state index in [1.807, 2.05) is 0 Å². The van der Waals surface area contributed by atoms with Crippen molar-refractivity contribution in [2.24, 2.45) is 5.41 Å². The van der Waals surface area contributed by atoms with Crippen LogP contribution in [0.2, 0.25) is 0 Å². The lowest BCUT2D eigenvalue weighted by atomic mass is 9.78. The summed E-state index contributed by atoms with van der Waals surface area (Å²) in [5.74, 6) is 0. The zero-order chi connectivity index (χ0) is 13.0. The Morgan fingerprint density at radius 1 is 1.11 bits per heavy atom. The average molecular weight is 245 g/mol. The fraction of sp³-hybridized carbons (Fsp3) is 0.647. The number of hydrogen-bond acceptors (Lipinski definition) is 1. The fourth-order valence-electron chi connectivity index (χ4n) is 3.37. The van der Waals surface area contributed by atoms with Crippen LogP contribution in [0.5, 0.6) is 0 Å². The number of likely N-dealkylation sites (N-methyl/N-ethyl adjacent to an activating group) is 1. The van der Waals surface area contributed by atoms with Crippen LogP contribution in [0.15, 0.2) is 24.3 Å². The van der Waals surface area contributed by atoms with E-state index in [0.29, 0.717) is 11.5 Å². The van der Waals surface area contributed by atoms with Crippen molar-refractivity contribution in [2.75, 3.05) is 7.05 Å². The van der Waals surface area contributed by atoms with Crippen LogP contribution in [0.25, 0.3) is 0 Å². The lowest BCUT2D eigenvalue weighted by Gasteiger charge is -2.34. The van der Waals surface area contributed by atoms with Gasteiger partial charge in [0.05, 0.1) is 0 Å². The van der Waals surface area contributed by atoms with E-state index in [1.165, 1.54) is 36.8 Å². The van der Waals surface area contributed by atoms with Gasteiger partial charge < -0.3 is 5.32 Å². The number of hydrogen-bond donors (Lipinski definition) is 1.